The molecule has 0 aliphatic heterocycles. The maximum absolute atomic E-state index is 13.8. The summed E-state index contributed by atoms with van der Waals surface area (Å²) in [6.45, 7) is 0. The van der Waals surface area contributed by atoms with E-state index in [1.807, 2.05) is 0 Å². The van der Waals surface area contributed by atoms with Crippen molar-refractivity contribution in [2.75, 3.05) is 11.1 Å². The number of benzene rings is 2. The molecule has 44 heavy (non-hydrogen) atoms. The van der Waals surface area contributed by atoms with Crippen LogP contribution < -0.4 is 5.32 Å². The van der Waals surface area contributed by atoms with Crippen LogP contribution in [0.3, 0.4) is 0 Å². The number of halogens is 14. The quantitative estimate of drug-likeness (QED) is 0.109. The summed E-state index contributed by atoms with van der Waals surface area (Å²) in [5.41, 5.74) is -2.61. The molecule has 2 aromatic carbocycles. The highest BCUT2D eigenvalue weighted by Crippen LogP contribution is 2.55. The minimum Gasteiger partial charge on any atom is -0.324 e. The summed E-state index contributed by atoms with van der Waals surface area (Å²) in [5, 5.41) is 1.14. The van der Waals surface area contributed by atoms with E-state index in [4.69, 9.17) is 0 Å². The van der Waals surface area contributed by atoms with Crippen LogP contribution in [0.4, 0.5) is 72.8 Å². The molecule has 24 heteroatoms. The molecular weight excluding hydrogens is 710 g/mol. The van der Waals surface area contributed by atoms with Crippen LogP contribution >= 0.6 is 23.5 Å². The molecule has 2 rings (SSSR count). The second kappa shape index (κ2) is 12.1. The summed E-state index contributed by atoms with van der Waals surface area (Å²) in [4.78, 5) is 18.1. The third kappa shape index (κ3) is 7.61. The summed E-state index contributed by atoms with van der Waals surface area (Å²) in [6.07, 6.45) is -13.5. The Hall–Kier alpha value is -3.02. The topological polar surface area (TPSA) is 106 Å². The monoisotopic (exact) mass is 720 g/mol. The van der Waals surface area contributed by atoms with Crippen molar-refractivity contribution < 1.29 is 79.6 Å². The lowest BCUT2D eigenvalue weighted by atomic mass is 10.3. The second-order valence-corrected chi connectivity index (χ2v) is 12.4. The van der Waals surface area contributed by atoms with Crippen LogP contribution in [0.15, 0.2) is 57.2 Å². The Morgan fingerprint density at radius 1 is 0.773 bits per heavy atom. The number of alkyl halides is 14. The zero-order valence-corrected chi connectivity index (χ0v) is 22.7. The van der Waals surface area contributed by atoms with Gasteiger partial charge in [-0.3, -0.25) is 14.9 Å². The van der Waals surface area contributed by atoms with Gasteiger partial charge in [-0.25, -0.2) is 8.42 Å². The van der Waals surface area contributed by atoms with Crippen LogP contribution in [0.25, 0.3) is 0 Å². The first kappa shape index (κ1) is 37.2. The van der Waals surface area contributed by atoms with Gasteiger partial charge in [0.2, 0.25) is 5.91 Å². The third-order valence-corrected chi connectivity index (χ3v) is 8.62. The van der Waals surface area contributed by atoms with E-state index in [1.165, 1.54) is 0 Å². The Morgan fingerprint density at radius 3 is 1.73 bits per heavy atom. The molecule has 0 unspecified atom stereocenters. The molecule has 0 aliphatic rings. The largest absolute Gasteiger partial charge is 0.460 e. The van der Waals surface area contributed by atoms with E-state index < -0.39 is 111 Å². The van der Waals surface area contributed by atoms with E-state index >= 15 is 0 Å². The van der Waals surface area contributed by atoms with Gasteiger partial charge >= 0.3 is 34.7 Å². The average Bonchev–Trinajstić information content (AvgIpc) is 2.82. The number of thioether (sulfide) groups is 2. The number of carbonyl (C=O) groups excluding carboxylic acids is 1. The van der Waals surface area contributed by atoms with Crippen molar-refractivity contribution in [1.82, 2.24) is 0 Å². The van der Waals surface area contributed by atoms with E-state index in [-0.39, 0.29) is 18.2 Å². The number of para-hydroxylation sites is 1. The normalized spacial score (nSPS) is 14.0. The molecule has 7 nitrogen and oxygen atoms in total. The standard InChI is InChI=1S/C20H10F14N2O5S3/c21-15(22,17(25,26)27)19(31,32)42-9-5-6-13(11(7-9)36(38)39)44(40,41)8-14(37)35-10-3-1-2-4-12(10)43-20(33,34)16(23,24)18(28,29)30/h1-7H,8H2,(H,35,37). The van der Waals surface area contributed by atoms with Crippen molar-refractivity contribution in [3.63, 3.8) is 0 Å². The Bertz CT molecular complexity index is 1530. The van der Waals surface area contributed by atoms with Crippen molar-refractivity contribution in [2.24, 2.45) is 0 Å². The number of nitrogens with one attached hydrogen (secondary N) is 1. The molecule has 0 bridgehead atoms. The first-order valence-corrected chi connectivity index (χ1v) is 13.8. The molecule has 0 aromatic heterocycles. The Morgan fingerprint density at radius 2 is 1.25 bits per heavy atom. The van der Waals surface area contributed by atoms with Crippen molar-refractivity contribution in [3.05, 3.63) is 52.6 Å². The molecule has 0 aliphatic carbocycles. The van der Waals surface area contributed by atoms with Crippen molar-refractivity contribution in [3.8, 4) is 0 Å². The average molecular weight is 720 g/mol. The van der Waals surface area contributed by atoms with Gasteiger partial charge in [-0.15, -0.1) is 0 Å². The van der Waals surface area contributed by atoms with E-state index in [2.05, 4.69) is 0 Å². The number of carbonyl (C=O) groups is 1. The number of hydrogen-bond donors (Lipinski definition) is 1. The Kier molecular flexibility index (Phi) is 10.2. The van der Waals surface area contributed by atoms with E-state index in [9.17, 15) is 84.8 Å². The smallest absolute Gasteiger partial charge is 0.324 e. The number of hydrogen-bond acceptors (Lipinski definition) is 7. The minimum absolute atomic E-state index is 0.106. The van der Waals surface area contributed by atoms with Crippen LogP contribution in [0.2, 0.25) is 0 Å². The van der Waals surface area contributed by atoms with Crippen LogP contribution in [-0.2, 0) is 14.6 Å². The first-order chi connectivity index (χ1) is 19.6. The zero-order valence-electron chi connectivity index (χ0n) is 20.3. The fraction of sp³-hybridized carbons (Fsp3) is 0.350. The predicted octanol–water partition coefficient (Wildman–Crippen LogP) is 7.77. The summed E-state index contributed by atoms with van der Waals surface area (Å²) < 4.78 is 208. The lowest BCUT2D eigenvalue weighted by molar-refractivity contribution is -0.388. The number of rotatable bonds is 11. The summed E-state index contributed by atoms with van der Waals surface area (Å²) in [5.74, 6) is -16.8. The molecule has 0 fully saturated rings. The van der Waals surface area contributed by atoms with Crippen LogP contribution in [-0.4, -0.2) is 59.7 Å². The zero-order chi connectivity index (χ0) is 34.3. The number of anilines is 1. The number of nitro groups is 1. The Balaban J connectivity index is 2.36. The van der Waals surface area contributed by atoms with Gasteiger partial charge in [0.1, 0.15) is 10.6 Å². The van der Waals surface area contributed by atoms with Gasteiger partial charge in [0.05, 0.1) is 10.6 Å². The number of sulfone groups is 1. The molecule has 0 saturated carbocycles. The third-order valence-electron chi connectivity index (χ3n) is 4.87. The van der Waals surface area contributed by atoms with Crippen molar-refractivity contribution >= 4 is 50.6 Å². The highest BCUT2D eigenvalue weighted by Gasteiger charge is 2.74. The molecule has 246 valence electrons. The van der Waals surface area contributed by atoms with Crippen molar-refractivity contribution in [1.29, 1.82) is 0 Å². The molecular formula is C20H10F14N2O5S3. The second-order valence-electron chi connectivity index (χ2n) is 8.07. The summed E-state index contributed by atoms with van der Waals surface area (Å²) >= 11 is -2.88. The lowest BCUT2D eigenvalue weighted by Crippen LogP contribution is -2.49. The van der Waals surface area contributed by atoms with Gasteiger partial charge < -0.3 is 5.32 Å². The molecule has 0 atom stereocenters. The van der Waals surface area contributed by atoms with Gasteiger partial charge in [-0.2, -0.15) is 61.5 Å². The molecule has 2 aromatic rings. The number of amides is 1. The molecule has 0 radical (unpaired) electrons. The van der Waals surface area contributed by atoms with E-state index in [0.29, 0.717) is 12.1 Å². The van der Waals surface area contributed by atoms with Crippen LogP contribution in [0, 0.1) is 10.1 Å². The fourth-order valence-electron chi connectivity index (χ4n) is 2.81. The van der Waals surface area contributed by atoms with Gasteiger partial charge in [0, 0.05) is 15.9 Å². The van der Waals surface area contributed by atoms with Gasteiger partial charge in [-0.1, -0.05) is 12.1 Å². The van der Waals surface area contributed by atoms with Gasteiger partial charge in [-0.05, 0) is 47.8 Å². The maximum atomic E-state index is 13.8. The Labute approximate surface area is 243 Å². The minimum atomic E-state index is -6.77. The summed E-state index contributed by atoms with van der Waals surface area (Å²) in [7, 11) is -5.26. The molecule has 0 spiro atoms. The molecule has 0 saturated heterocycles. The molecule has 1 amide bonds. The summed E-state index contributed by atoms with van der Waals surface area (Å²) in [6, 6.07) is 3.15. The lowest BCUT2D eigenvalue weighted by Gasteiger charge is -2.28. The van der Waals surface area contributed by atoms with Crippen LogP contribution in [0.5, 0.6) is 0 Å². The SMILES string of the molecule is O=C(CS(=O)(=O)c1ccc(SC(F)(F)C(F)(F)C(F)(F)F)cc1[N+](=O)[O-])Nc1ccccc1SC(F)(F)C(F)(F)C(F)(F)F. The van der Waals surface area contributed by atoms with Gasteiger partial charge in [0.15, 0.2) is 9.84 Å². The number of nitrogens with zero attached hydrogens (tertiary/aromatic N) is 1. The van der Waals surface area contributed by atoms with Gasteiger partial charge in [0.25, 0.3) is 5.69 Å². The van der Waals surface area contributed by atoms with E-state index in [0.717, 1.165) is 12.1 Å². The number of nitro benzene ring substituents is 1. The molecule has 0 heterocycles. The van der Waals surface area contributed by atoms with Crippen LogP contribution in [0.1, 0.15) is 0 Å². The highest BCUT2D eigenvalue weighted by atomic mass is 32.2. The molecule has 1 N–H and O–H groups in total. The fourth-order valence-corrected chi connectivity index (χ4v) is 5.85. The highest BCUT2D eigenvalue weighted by molar-refractivity contribution is 8.00. The first-order valence-electron chi connectivity index (χ1n) is 10.5. The van der Waals surface area contributed by atoms with Crippen molar-refractivity contribution in [2.45, 2.75) is 49.4 Å². The maximum Gasteiger partial charge on any atom is 0.460 e. The predicted molar refractivity (Wildman–Crippen MR) is 124 cm³/mol. The van der Waals surface area contributed by atoms with E-state index in [1.54, 1.807) is 5.32 Å².